The first-order chi connectivity index (χ1) is 11.4. The lowest BCUT2D eigenvalue weighted by atomic mass is 9.90. The van der Waals surface area contributed by atoms with Gasteiger partial charge < -0.3 is 11.1 Å². The molecule has 4 nitrogen and oxygen atoms in total. The molecule has 136 valence electrons. The Hall–Kier alpha value is -1.15. The van der Waals surface area contributed by atoms with Crippen molar-refractivity contribution in [2.75, 3.05) is 5.32 Å². The summed E-state index contributed by atoms with van der Waals surface area (Å²) >= 11 is 1.65. The van der Waals surface area contributed by atoms with Gasteiger partial charge in [0.25, 0.3) is 0 Å². The fourth-order valence-electron chi connectivity index (χ4n) is 2.96. The molecule has 1 aliphatic carbocycles. The number of anilines is 1. The molecule has 1 heterocycles. The molecule has 6 heteroatoms. The van der Waals surface area contributed by atoms with Crippen LogP contribution >= 0.6 is 35.3 Å². The lowest BCUT2D eigenvalue weighted by Crippen LogP contribution is -2.24. The number of thiazole rings is 1. The first-order valence-corrected chi connectivity index (χ1v) is 9.44. The van der Waals surface area contributed by atoms with E-state index in [1.165, 1.54) is 24.0 Å². The van der Waals surface area contributed by atoms with Gasteiger partial charge in [-0.15, -0.1) is 35.3 Å². The van der Waals surface area contributed by atoms with Crippen molar-refractivity contribution in [3.8, 4) is 0 Å². The number of guanidine groups is 1. The highest BCUT2D eigenvalue weighted by atomic mass is 127. The number of aromatic nitrogens is 1. The molecule has 0 atom stereocenters. The van der Waals surface area contributed by atoms with Crippen molar-refractivity contribution < 1.29 is 0 Å². The van der Waals surface area contributed by atoms with Crippen molar-refractivity contribution in [3.63, 3.8) is 0 Å². The summed E-state index contributed by atoms with van der Waals surface area (Å²) in [5.74, 6) is 0.460. The molecule has 0 saturated carbocycles. The van der Waals surface area contributed by atoms with Gasteiger partial charge in [-0.05, 0) is 42.9 Å². The average Bonchev–Trinajstić information content (AvgIpc) is 3.03. The fourth-order valence-corrected chi connectivity index (χ4v) is 3.90. The molecular formula is C19H27IN4S. The van der Waals surface area contributed by atoms with Crippen molar-refractivity contribution >= 4 is 47.0 Å². The molecule has 0 saturated heterocycles. The predicted molar refractivity (Wildman–Crippen MR) is 118 cm³/mol. The van der Waals surface area contributed by atoms with Gasteiger partial charge in [-0.25, -0.2) is 9.98 Å². The number of hydrogen-bond acceptors (Lipinski definition) is 3. The van der Waals surface area contributed by atoms with Crippen LogP contribution < -0.4 is 11.1 Å². The van der Waals surface area contributed by atoms with Crippen LogP contribution in [0.25, 0.3) is 0 Å². The van der Waals surface area contributed by atoms with E-state index in [0.717, 1.165) is 29.2 Å². The van der Waals surface area contributed by atoms with Crippen LogP contribution in [0.4, 0.5) is 5.69 Å². The molecule has 1 aliphatic rings. The molecule has 3 rings (SSSR count). The van der Waals surface area contributed by atoms with Gasteiger partial charge in [0, 0.05) is 16.5 Å². The summed E-state index contributed by atoms with van der Waals surface area (Å²) in [6, 6.07) is 6.40. The lowest BCUT2D eigenvalue weighted by Gasteiger charge is -2.19. The minimum Gasteiger partial charge on any atom is -0.370 e. The summed E-state index contributed by atoms with van der Waals surface area (Å²) in [6.45, 7) is 7.03. The molecule has 0 radical (unpaired) electrons. The second-order valence-corrected chi connectivity index (χ2v) is 8.30. The van der Waals surface area contributed by atoms with Gasteiger partial charge in [0.15, 0.2) is 5.96 Å². The normalized spacial score (nSPS) is 14.6. The third-order valence-electron chi connectivity index (χ3n) is 4.36. The van der Waals surface area contributed by atoms with Gasteiger partial charge in [-0.1, -0.05) is 32.9 Å². The molecule has 3 N–H and O–H groups in total. The molecule has 0 amide bonds. The summed E-state index contributed by atoms with van der Waals surface area (Å²) < 4.78 is 0. The maximum atomic E-state index is 6.10. The maximum Gasteiger partial charge on any atom is 0.193 e. The van der Waals surface area contributed by atoms with Gasteiger partial charge in [0.1, 0.15) is 5.01 Å². The van der Waals surface area contributed by atoms with Crippen molar-refractivity contribution in [2.45, 2.75) is 58.4 Å². The van der Waals surface area contributed by atoms with E-state index < -0.39 is 0 Å². The topological polar surface area (TPSA) is 63.3 Å². The van der Waals surface area contributed by atoms with Crippen LogP contribution in [0.15, 0.2) is 28.6 Å². The number of aliphatic imine (C=N–C) groups is 1. The van der Waals surface area contributed by atoms with E-state index in [1.807, 2.05) is 0 Å². The second-order valence-electron chi connectivity index (χ2n) is 7.35. The average molecular weight is 470 g/mol. The number of halogens is 1. The van der Waals surface area contributed by atoms with E-state index in [-0.39, 0.29) is 29.4 Å². The van der Waals surface area contributed by atoms with Gasteiger partial charge in [0.2, 0.25) is 0 Å². The number of nitrogens with two attached hydrogens (primary N) is 1. The first kappa shape index (κ1) is 20.2. The van der Waals surface area contributed by atoms with E-state index in [9.17, 15) is 0 Å². The highest BCUT2D eigenvalue weighted by Gasteiger charge is 2.17. The van der Waals surface area contributed by atoms with Crippen LogP contribution in [0.3, 0.4) is 0 Å². The molecule has 2 aromatic rings. The Kier molecular flexibility index (Phi) is 6.85. The van der Waals surface area contributed by atoms with Crippen molar-refractivity contribution in [3.05, 3.63) is 45.4 Å². The smallest absolute Gasteiger partial charge is 0.193 e. The van der Waals surface area contributed by atoms with Crippen LogP contribution in [0.2, 0.25) is 0 Å². The number of aryl methyl sites for hydroxylation is 1. The SMILES string of the molecule is CC(C)(C)c1csc(CN=C(N)Nc2cccc3c2CCCC3)n1.I. The predicted octanol–water partition coefficient (Wildman–Crippen LogP) is 4.86. The number of benzene rings is 1. The van der Waals surface area contributed by atoms with Crippen LogP contribution in [-0.4, -0.2) is 10.9 Å². The number of nitrogens with one attached hydrogen (secondary N) is 1. The quantitative estimate of drug-likeness (QED) is 0.383. The Morgan fingerprint density at radius 1 is 1.28 bits per heavy atom. The van der Waals surface area contributed by atoms with Crippen LogP contribution in [0.1, 0.15) is 55.4 Å². The summed E-state index contributed by atoms with van der Waals surface area (Å²) in [5, 5.41) is 6.39. The van der Waals surface area contributed by atoms with Crippen molar-refractivity contribution in [1.29, 1.82) is 0 Å². The van der Waals surface area contributed by atoms with E-state index in [4.69, 9.17) is 5.73 Å². The number of nitrogens with zero attached hydrogens (tertiary/aromatic N) is 2. The molecule has 0 aliphatic heterocycles. The highest BCUT2D eigenvalue weighted by Crippen LogP contribution is 2.28. The molecule has 0 spiro atoms. The molecular weight excluding hydrogens is 443 g/mol. The third kappa shape index (κ3) is 5.17. The van der Waals surface area contributed by atoms with Gasteiger partial charge in [-0.2, -0.15) is 0 Å². The van der Waals surface area contributed by atoms with E-state index in [0.29, 0.717) is 12.5 Å². The van der Waals surface area contributed by atoms with Crippen LogP contribution in [-0.2, 0) is 24.8 Å². The zero-order chi connectivity index (χ0) is 17.2. The number of rotatable bonds is 3. The summed E-state index contributed by atoms with van der Waals surface area (Å²) in [4.78, 5) is 9.12. The van der Waals surface area contributed by atoms with Crippen molar-refractivity contribution in [2.24, 2.45) is 10.7 Å². The van der Waals surface area contributed by atoms with Gasteiger partial charge in [-0.3, -0.25) is 0 Å². The molecule has 1 aromatic carbocycles. The second kappa shape index (κ2) is 8.49. The monoisotopic (exact) mass is 470 g/mol. The summed E-state index contributed by atoms with van der Waals surface area (Å²) in [5.41, 5.74) is 11.2. The number of hydrogen-bond donors (Lipinski definition) is 2. The molecule has 0 unspecified atom stereocenters. The molecule has 0 fully saturated rings. The minimum atomic E-state index is 0. The summed E-state index contributed by atoms with van der Waals surface area (Å²) in [6.07, 6.45) is 4.81. The highest BCUT2D eigenvalue weighted by molar-refractivity contribution is 14.0. The van der Waals surface area contributed by atoms with E-state index >= 15 is 0 Å². The van der Waals surface area contributed by atoms with Crippen molar-refractivity contribution in [1.82, 2.24) is 4.98 Å². The van der Waals surface area contributed by atoms with Gasteiger partial charge in [0.05, 0.1) is 12.2 Å². The standard InChI is InChI=1S/C19H26N4S.HI/c1-19(2,3)16-12-24-17(23-16)11-21-18(20)22-15-10-6-8-13-7-4-5-9-14(13)15;/h6,8,10,12H,4-5,7,9,11H2,1-3H3,(H3,20,21,22);1H. The van der Waals surface area contributed by atoms with Crippen LogP contribution in [0, 0.1) is 0 Å². The largest absolute Gasteiger partial charge is 0.370 e. The zero-order valence-corrected chi connectivity index (χ0v) is 18.3. The number of fused-ring (bicyclic) bond motifs is 1. The Balaban J connectivity index is 0.00000225. The Morgan fingerprint density at radius 2 is 2.04 bits per heavy atom. The molecule has 0 bridgehead atoms. The fraction of sp³-hybridized carbons (Fsp3) is 0.474. The summed E-state index contributed by atoms with van der Waals surface area (Å²) in [7, 11) is 0. The van der Waals surface area contributed by atoms with Gasteiger partial charge >= 0.3 is 0 Å². The lowest BCUT2D eigenvalue weighted by molar-refractivity contribution is 0.571. The minimum absolute atomic E-state index is 0. The van der Waals surface area contributed by atoms with E-state index in [1.54, 1.807) is 11.3 Å². The Bertz CT molecular complexity index is 746. The Labute approximate surface area is 171 Å². The third-order valence-corrected chi connectivity index (χ3v) is 5.20. The van der Waals surface area contributed by atoms with E-state index in [2.05, 4.69) is 59.6 Å². The molecule has 25 heavy (non-hydrogen) atoms. The molecule has 1 aromatic heterocycles. The van der Waals surface area contributed by atoms with Crippen LogP contribution in [0.5, 0.6) is 0 Å². The zero-order valence-electron chi connectivity index (χ0n) is 15.1. The first-order valence-electron chi connectivity index (χ1n) is 8.56. The Morgan fingerprint density at radius 3 is 2.76 bits per heavy atom. The maximum absolute atomic E-state index is 6.10.